The third-order valence-electron chi connectivity index (χ3n) is 6.48. The highest BCUT2D eigenvalue weighted by atomic mass is 35.5. The van der Waals surface area contributed by atoms with Gasteiger partial charge >= 0.3 is 0 Å². The van der Waals surface area contributed by atoms with Gasteiger partial charge in [0.15, 0.2) is 4.33 Å². The molecule has 3 aliphatic rings. The van der Waals surface area contributed by atoms with Crippen LogP contribution in [0.25, 0.3) is 0 Å². The predicted octanol–water partition coefficient (Wildman–Crippen LogP) is 4.80. The van der Waals surface area contributed by atoms with Crippen molar-refractivity contribution in [1.82, 2.24) is 0 Å². The van der Waals surface area contributed by atoms with Crippen LogP contribution in [0.2, 0.25) is 0 Å². The molecule has 0 aliphatic heterocycles. The molecular weight excluding hydrogens is 267 g/mol. The topological polar surface area (TPSA) is 9.23 Å². The Morgan fingerprint density at radius 1 is 1.00 bits per heavy atom. The number of fused-ring (bicyclic) bond motifs is 3. The van der Waals surface area contributed by atoms with Crippen LogP contribution in [0, 0.1) is 22.7 Å². The molecule has 3 fully saturated rings. The summed E-state index contributed by atoms with van der Waals surface area (Å²) in [4.78, 5) is 0. The van der Waals surface area contributed by atoms with Crippen molar-refractivity contribution in [2.24, 2.45) is 22.7 Å². The van der Waals surface area contributed by atoms with Gasteiger partial charge in [-0.1, -0.05) is 50.4 Å². The van der Waals surface area contributed by atoms with Gasteiger partial charge in [0.05, 0.1) is 0 Å². The quantitative estimate of drug-likeness (QED) is 0.630. The lowest BCUT2D eigenvalue weighted by molar-refractivity contribution is -0.146. The smallest absolute Gasteiger partial charge is 0.153 e. The molecule has 0 amide bonds. The van der Waals surface area contributed by atoms with Gasteiger partial charge < -0.3 is 4.74 Å². The van der Waals surface area contributed by atoms with Crippen molar-refractivity contribution >= 4 is 23.2 Å². The number of methoxy groups -OCH3 is 1. The molecule has 1 nitrogen and oxygen atoms in total. The predicted molar refractivity (Wildman–Crippen MR) is 76.1 cm³/mol. The van der Waals surface area contributed by atoms with E-state index < -0.39 is 4.33 Å². The minimum Gasteiger partial charge on any atom is -0.374 e. The van der Waals surface area contributed by atoms with Gasteiger partial charge in [0.25, 0.3) is 0 Å². The maximum Gasteiger partial charge on any atom is 0.153 e. The third kappa shape index (κ3) is 1.25. The van der Waals surface area contributed by atoms with E-state index in [1.807, 2.05) is 0 Å². The molecular formula is C15H24Cl2O. The molecule has 4 atom stereocenters. The van der Waals surface area contributed by atoms with E-state index in [2.05, 4.69) is 20.8 Å². The first kappa shape index (κ1) is 13.5. The Bertz CT molecular complexity index is 379. The molecule has 0 radical (unpaired) electrons. The molecule has 3 heteroatoms. The molecule has 0 aromatic heterocycles. The molecule has 0 N–H and O–H groups in total. The standard InChI is InChI=1S/C15H24Cl2O/c1-12(2)8-5-9-13(3)10(12)6-7-11-14(13,18-4)15(11,16)17/h10-11H,5-9H2,1-4H3/t10-,11-,13-,14+/m0/s1. The van der Waals surface area contributed by atoms with Crippen molar-refractivity contribution < 1.29 is 4.74 Å². The average molecular weight is 291 g/mol. The molecule has 0 spiro atoms. The summed E-state index contributed by atoms with van der Waals surface area (Å²) in [6, 6.07) is 0. The average Bonchev–Trinajstić information content (AvgIpc) is 2.76. The van der Waals surface area contributed by atoms with Crippen molar-refractivity contribution in [2.45, 2.75) is 62.8 Å². The lowest BCUT2D eigenvalue weighted by Gasteiger charge is -2.57. The lowest BCUT2D eigenvalue weighted by Crippen LogP contribution is -2.55. The Labute approximate surface area is 121 Å². The molecule has 104 valence electrons. The van der Waals surface area contributed by atoms with Crippen molar-refractivity contribution in [3.8, 4) is 0 Å². The molecule has 0 saturated heterocycles. The van der Waals surface area contributed by atoms with Crippen LogP contribution in [-0.2, 0) is 4.74 Å². The number of halogens is 2. The van der Waals surface area contributed by atoms with E-state index in [4.69, 9.17) is 27.9 Å². The van der Waals surface area contributed by atoms with Crippen molar-refractivity contribution in [3.05, 3.63) is 0 Å². The van der Waals surface area contributed by atoms with Crippen LogP contribution in [0.1, 0.15) is 52.9 Å². The summed E-state index contributed by atoms with van der Waals surface area (Å²) in [6.07, 6.45) is 6.15. The molecule has 3 rings (SSSR count). The second kappa shape index (κ2) is 3.59. The summed E-state index contributed by atoms with van der Waals surface area (Å²) in [7, 11) is 1.80. The van der Waals surface area contributed by atoms with Gasteiger partial charge in [0.1, 0.15) is 5.60 Å². The van der Waals surface area contributed by atoms with Gasteiger partial charge in [-0.05, 0) is 37.0 Å². The maximum atomic E-state index is 6.61. The van der Waals surface area contributed by atoms with Crippen LogP contribution >= 0.6 is 23.2 Å². The summed E-state index contributed by atoms with van der Waals surface area (Å²) in [5.41, 5.74) is 0.218. The Balaban J connectivity index is 2.07. The van der Waals surface area contributed by atoms with Crippen LogP contribution in [0.15, 0.2) is 0 Å². The van der Waals surface area contributed by atoms with Crippen molar-refractivity contribution in [3.63, 3.8) is 0 Å². The van der Waals surface area contributed by atoms with Crippen LogP contribution in [0.3, 0.4) is 0 Å². The maximum absolute atomic E-state index is 6.61. The van der Waals surface area contributed by atoms with E-state index in [0.29, 0.717) is 17.3 Å². The minimum atomic E-state index is -0.668. The van der Waals surface area contributed by atoms with Gasteiger partial charge in [-0.3, -0.25) is 0 Å². The molecule has 0 heterocycles. The second-order valence-electron chi connectivity index (χ2n) is 7.50. The first-order valence-electron chi connectivity index (χ1n) is 7.17. The zero-order valence-electron chi connectivity index (χ0n) is 11.9. The molecule has 0 aromatic carbocycles. The van der Waals surface area contributed by atoms with Crippen molar-refractivity contribution in [2.75, 3.05) is 7.11 Å². The van der Waals surface area contributed by atoms with Gasteiger partial charge in [-0.25, -0.2) is 0 Å². The SMILES string of the molecule is CO[C@]12[C@H](CC[C@H]3C(C)(C)CCC[C@@]31C)C2(Cl)Cl. The van der Waals surface area contributed by atoms with Gasteiger partial charge in [0, 0.05) is 18.4 Å². The van der Waals surface area contributed by atoms with Crippen LogP contribution in [0.5, 0.6) is 0 Å². The van der Waals surface area contributed by atoms with Crippen LogP contribution < -0.4 is 0 Å². The Morgan fingerprint density at radius 2 is 1.61 bits per heavy atom. The largest absolute Gasteiger partial charge is 0.374 e. The number of hydrogen-bond acceptors (Lipinski definition) is 1. The minimum absolute atomic E-state index is 0.135. The van der Waals surface area contributed by atoms with E-state index >= 15 is 0 Å². The fourth-order valence-corrected chi connectivity index (χ4v) is 7.00. The number of rotatable bonds is 1. The van der Waals surface area contributed by atoms with Gasteiger partial charge in [-0.15, -0.1) is 0 Å². The van der Waals surface area contributed by atoms with E-state index in [1.165, 1.54) is 25.7 Å². The van der Waals surface area contributed by atoms with Crippen LogP contribution in [0.4, 0.5) is 0 Å². The molecule has 3 aliphatic carbocycles. The normalized spacial score (nSPS) is 52.3. The Kier molecular flexibility index (Phi) is 2.70. The lowest BCUT2D eigenvalue weighted by atomic mass is 9.50. The zero-order valence-corrected chi connectivity index (χ0v) is 13.4. The summed E-state index contributed by atoms with van der Waals surface area (Å²) >= 11 is 13.2. The third-order valence-corrected chi connectivity index (χ3v) is 7.57. The number of alkyl halides is 2. The Hall–Kier alpha value is 0.540. The summed E-state index contributed by atoms with van der Waals surface area (Å²) in [5.74, 6) is 1.00. The molecule has 0 aromatic rings. The zero-order chi connectivity index (χ0) is 13.4. The van der Waals surface area contributed by atoms with E-state index in [-0.39, 0.29) is 11.0 Å². The molecule has 0 bridgehead atoms. The highest BCUT2D eigenvalue weighted by Gasteiger charge is 2.85. The summed E-state index contributed by atoms with van der Waals surface area (Å²) in [5, 5.41) is 0. The summed E-state index contributed by atoms with van der Waals surface area (Å²) in [6.45, 7) is 7.19. The molecule has 0 unspecified atom stereocenters. The monoisotopic (exact) mass is 290 g/mol. The summed E-state index contributed by atoms with van der Waals surface area (Å²) < 4.78 is 5.30. The van der Waals surface area contributed by atoms with E-state index in [1.54, 1.807) is 7.11 Å². The van der Waals surface area contributed by atoms with Crippen molar-refractivity contribution in [1.29, 1.82) is 0 Å². The Morgan fingerprint density at radius 3 is 2.22 bits per heavy atom. The van der Waals surface area contributed by atoms with E-state index in [9.17, 15) is 0 Å². The molecule has 3 saturated carbocycles. The molecule has 18 heavy (non-hydrogen) atoms. The number of ether oxygens (including phenoxy) is 1. The van der Waals surface area contributed by atoms with Gasteiger partial charge in [-0.2, -0.15) is 0 Å². The van der Waals surface area contributed by atoms with Crippen LogP contribution in [-0.4, -0.2) is 17.0 Å². The second-order valence-corrected chi connectivity index (χ2v) is 8.89. The van der Waals surface area contributed by atoms with Gasteiger partial charge in [0.2, 0.25) is 0 Å². The first-order chi connectivity index (χ1) is 8.24. The number of hydrogen-bond donors (Lipinski definition) is 0. The first-order valence-corrected chi connectivity index (χ1v) is 7.92. The van der Waals surface area contributed by atoms with E-state index in [0.717, 1.165) is 6.42 Å². The highest BCUT2D eigenvalue weighted by molar-refractivity contribution is 6.52. The fourth-order valence-electron chi connectivity index (χ4n) is 5.73. The highest BCUT2D eigenvalue weighted by Crippen LogP contribution is 2.80. The fraction of sp³-hybridized carbons (Fsp3) is 1.00.